The van der Waals surface area contributed by atoms with Crippen molar-refractivity contribution in [3.63, 3.8) is 0 Å². The van der Waals surface area contributed by atoms with E-state index in [1.165, 1.54) is 0 Å². The molecule has 130 valence electrons. The fourth-order valence-electron chi connectivity index (χ4n) is 1.97. The molecule has 0 unspecified atom stereocenters. The first-order valence-electron chi connectivity index (χ1n) is 8.35. The minimum absolute atomic E-state index is 0.373. The number of carbonyl (C=O) groups excluding carboxylic acids is 2. The summed E-state index contributed by atoms with van der Waals surface area (Å²) in [6, 6.07) is 6.35. The van der Waals surface area contributed by atoms with Crippen molar-refractivity contribution in [2.24, 2.45) is 0 Å². The van der Waals surface area contributed by atoms with Crippen LogP contribution in [0, 0.1) is 0 Å². The topological polar surface area (TPSA) is 52.6 Å². The monoisotopic (exact) mass is 330 g/mol. The summed E-state index contributed by atoms with van der Waals surface area (Å²) in [4.78, 5) is 23.7. The average Bonchev–Trinajstić information content (AvgIpc) is 2.61. The third-order valence-electron chi connectivity index (χ3n) is 3.32. The van der Waals surface area contributed by atoms with Crippen molar-refractivity contribution in [1.29, 1.82) is 0 Å². The molecule has 0 saturated carbocycles. The highest BCUT2D eigenvalue weighted by Crippen LogP contribution is 2.08. The van der Waals surface area contributed by atoms with Gasteiger partial charge in [-0.25, -0.2) is 9.59 Å². The predicted molar refractivity (Wildman–Crippen MR) is 95.1 cm³/mol. The van der Waals surface area contributed by atoms with Crippen LogP contribution in [0.4, 0.5) is 0 Å². The van der Waals surface area contributed by atoms with E-state index < -0.39 is 0 Å². The number of hydrogen-bond acceptors (Lipinski definition) is 4. The summed E-state index contributed by atoms with van der Waals surface area (Å²) in [5.41, 5.74) is 0.872. The lowest BCUT2D eigenvalue weighted by Gasteiger charge is -2.06. The number of unbranched alkanes of at least 4 members (excludes halogenated alkanes) is 2. The van der Waals surface area contributed by atoms with Gasteiger partial charge in [0.1, 0.15) is 0 Å². The lowest BCUT2D eigenvalue weighted by atomic mass is 10.1. The molecule has 0 atom stereocenters. The van der Waals surface area contributed by atoms with Gasteiger partial charge in [-0.2, -0.15) is 0 Å². The van der Waals surface area contributed by atoms with Crippen LogP contribution in [-0.2, 0) is 9.47 Å². The molecule has 4 nitrogen and oxygen atoms in total. The molecule has 0 heterocycles. The van der Waals surface area contributed by atoms with Gasteiger partial charge >= 0.3 is 11.9 Å². The van der Waals surface area contributed by atoms with Gasteiger partial charge in [-0.05, 0) is 63.8 Å². The molecule has 0 radical (unpaired) electrons. The van der Waals surface area contributed by atoms with E-state index in [9.17, 15) is 9.59 Å². The summed E-state index contributed by atoms with van der Waals surface area (Å²) in [6.45, 7) is 4.69. The molecule has 0 aromatic heterocycles. The van der Waals surface area contributed by atoms with Crippen LogP contribution in [-0.4, -0.2) is 25.2 Å². The molecule has 24 heavy (non-hydrogen) atoms. The van der Waals surface area contributed by atoms with Crippen LogP contribution in [0.5, 0.6) is 0 Å². The minimum Gasteiger partial charge on any atom is -0.462 e. The number of benzene rings is 1. The van der Waals surface area contributed by atoms with Crippen molar-refractivity contribution in [3.05, 3.63) is 59.7 Å². The van der Waals surface area contributed by atoms with Gasteiger partial charge < -0.3 is 9.47 Å². The summed E-state index contributed by atoms with van der Waals surface area (Å²) in [5.74, 6) is -0.747. The van der Waals surface area contributed by atoms with Gasteiger partial charge in [-0.3, -0.25) is 0 Å². The van der Waals surface area contributed by atoms with Crippen molar-refractivity contribution < 1.29 is 19.1 Å². The van der Waals surface area contributed by atoms with Crippen molar-refractivity contribution in [3.8, 4) is 0 Å². The zero-order valence-corrected chi connectivity index (χ0v) is 14.5. The molecule has 0 saturated heterocycles. The van der Waals surface area contributed by atoms with Gasteiger partial charge in [0.05, 0.1) is 24.3 Å². The van der Waals surface area contributed by atoms with Crippen molar-refractivity contribution >= 4 is 11.9 Å². The Bertz CT molecular complexity index is 505. The third kappa shape index (κ3) is 7.77. The first kappa shape index (κ1) is 19.7. The maximum absolute atomic E-state index is 11.9. The Morgan fingerprint density at radius 2 is 1.17 bits per heavy atom. The number of hydrogen-bond donors (Lipinski definition) is 0. The smallest absolute Gasteiger partial charge is 0.338 e. The third-order valence-corrected chi connectivity index (χ3v) is 3.32. The van der Waals surface area contributed by atoms with E-state index in [0.29, 0.717) is 24.3 Å². The average molecular weight is 330 g/mol. The summed E-state index contributed by atoms with van der Waals surface area (Å²) in [5, 5.41) is 0. The van der Waals surface area contributed by atoms with E-state index in [1.807, 2.05) is 38.2 Å². The molecule has 0 N–H and O–H groups in total. The first-order chi connectivity index (χ1) is 11.7. The molecule has 0 amide bonds. The highest BCUT2D eigenvalue weighted by molar-refractivity contribution is 5.93. The van der Waals surface area contributed by atoms with Crippen LogP contribution in [0.2, 0.25) is 0 Å². The highest BCUT2D eigenvalue weighted by atomic mass is 16.5. The van der Waals surface area contributed by atoms with E-state index in [1.54, 1.807) is 24.3 Å². The zero-order chi connectivity index (χ0) is 17.6. The molecular formula is C20H26O4. The number of ether oxygens (including phenoxy) is 2. The first-order valence-corrected chi connectivity index (χ1v) is 8.35. The van der Waals surface area contributed by atoms with Gasteiger partial charge in [-0.15, -0.1) is 0 Å². The number of carbonyl (C=O) groups is 2. The van der Waals surface area contributed by atoms with E-state index in [2.05, 4.69) is 0 Å². The van der Waals surface area contributed by atoms with Gasteiger partial charge in [0.15, 0.2) is 0 Å². The normalized spacial score (nSPS) is 11.1. The van der Waals surface area contributed by atoms with E-state index in [4.69, 9.17) is 9.47 Å². The molecule has 0 spiro atoms. The molecular weight excluding hydrogens is 304 g/mol. The summed E-state index contributed by atoms with van der Waals surface area (Å²) >= 11 is 0. The molecule has 0 fully saturated rings. The quantitative estimate of drug-likeness (QED) is 0.354. The zero-order valence-electron chi connectivity index (χ0n) is 14.5. The second kappa shape index (κ2) is 12.1. The number of esters is 2. The maximum Gasteiger partial charge on any atom is 0.338 e. The fraction of sp³-hybridized carbons (Fsp3) is 0.400. The van der Waals surface area contributed by atoms with Crippen LogP contribution in [0.25, 0.3) is 0 Å². The molecule has 0 aliphatic heterocycles. The Morgan fingerprint density at radius 3 is 1.50 bits per heavy atom. The van der Waals surface area contributed by atoms with Crippen LogP contribution in [0.15, 0.2) is 48.6 Å². The lowest BCUT2D eigenvalue weighted by molar-refractivity contribution is 0.0487. The van der Waals surface area contributed by atoms with Crippen LogP contribution < -0.4 is 0 Å². The second-order valence-electron chi connectivity index (χ2n) is 5.27. The van der Waals surface area contributed by atoms with Crippen LogP contribution in [0.3, 0.4) is 0 Å². The maximum atomic E-state index is 11.9. The molecule has 0 aliphatic rings. The molecule has 1 aromatic carbocycles. The molecule has 0 bridgehead atoms. The van der Waals surface area contributed by atoms with Crippen molar-refractivity contribution in [1.82, 2.24) is 0 Å². The standard InChI is InChI=1S/C20H26O4/c1-3-5-7-9-15-23-19(21)17-11-13-18(14-12-17)20(22)24-16-10-8-6-4-2/h3-6,11-14H,7-10,15-16H2,1-2H3. The van der Waals surface area contributed by atoms with Gasteiger partial charge in [0.2, 0.25) is 0 Å². The Hall–Kier alpha value is -2.36. The number of allylic oxidation sites excluding steroid dienone is 4. The summed E-state index contributed by atoms with van der Waals surface area (Å²) in [7, 11) is 0. The van der Waals surface area contributed by atoms with E-state index >= 15 is 0 Å². The Labute approximate surface area is 144 Å². The van der Waals surface area contributed by atoms with Crippen LogP contribution in [0.1, 0.15) is 60.2 Å². The van der Waals surface area contributed by atoms with E-state index in [0.717, 1.165) is 25.7 Å². The molecule has 1 rings (SSSR count). The van der Waals surface area contributed by atoms with Gasteiger partial charge in [-0.1, -0.05) is 24.3 Å². The van der Waals surface area contributed by atoms with Gasteiger partial charge in [0, 0.05) is 0 Å². The predicted octanol–water partition coefficient (Wildman–Crippen LogP) is 4.71. The minimum atomic E-state index is -0.373. The Kier molecular flexibility index (Phi) is 9.93. The van der Waals surface area contributed by atoms with Crippen molar-refractivity contribution in [2.45, 2.75) is 39.5 Å². The van der Waals surface area contributed by atoms with E-state index in [-0.39, 0.29) is 11.9 Å². The molecule has 4 heteroatoms. The highest BCUT2D eigenvalue weighted by Gasteiger charge is 2.10. The van der Waals surface area contributed by atoms with Crippen LogP contribution >= 0.6 is 0 Å². The molecule has 1 aromatic rings. The second-order valence-corrected chi connectivity index (χ2v) is 5.27. The Balaban J connectivity index is 2.38. The Morgan fingerprint density at radius 1 is 0.792 bits per heavy atom. The summed E-state index contributed by atoms with van der Waals surface area (Å²) < 4.78 is 10.4. The number of rotatable bonds is 10. The summed E-state index contributed by atoms with van der Waals surface area (Å²) in [6.07, 6.45) is 11.4. The lowest BCUT2D eigenvalue weighted by Crippen LogP contribution is -2.09. The largest absolute Gasteiger partial charge is 0.462 e. The van der Waals surface area contributed by atoms with Gasteiger partial charge in [0.25, 0.3) is 0 Å². The molecule has 0 aliphatic carbocycles. The fourth-order valence-corrected chi connectivity index (χ4v) is 1.97. The van der Waals surface area contributed by atoms with Crippen molar-refractivity contribution in [2.75, 3.05) is 13.2 Å². The SMILES string of the molecule is CC=CCCCOC(=O)c1ccc(C(=O)OCCCC=CC)cc1.